The number of carbonyl (C=O) groups is 3. The molecule has 1 fully saturated rings. The van der Waals surface area contributed by atoms with Gasteiger partial charge in [-0.05, 0) is 24.3 Å². The maximum Gasteiger partial charge on any atom is 0.249 e. The average Bonchev–Trinajstić information content (AvgIpc) is 3.19. The van der Waals surface area contributed by atoms with Crippen molar-refractivity contribution >= 4 is 28.8 Å². The van der Waals surface area contributed by atoms with E-state index < -0.39 is 11.9 Å². The molecular formula is C20H18N4O3. The highest BCUT2D eigenvalue weighted by atomic mass is 16.2. The Morgan fingerprint density at radius 2 is 1.85 bits per heavy atom. The zero-order chi connectivity index (χ0) is 18.8. The van der Waals surface area contributed by atoms with E-state index in [2.05, 4.69) is 15.6 Å². The third kappa shape index (κ3) is 3.44. The molecule has 3 amide bonds. The van der Waals surface area contributed by atoms with E-state index in [0.717, 1.165) is 22.5 Å². The molecule has 1 aliphatic heterocycles. The molecular weight excluding hydrogens is 344 g/mol. The molecule has 2 N–H and O–H groups in total. The lowest BCUT2D eigenvalue weighted by Crippen LogP contribution is -2.40. The number of aryl methyl sites for hydroxylation is 1. The van der Waals surface area contributed by atoms with Crippen LogP contribution in [0.1, 0.15) is 18.7 Å². The number of hydrogen-bond donors (Lipinski definition) is 2. The lowest BCUT2D eigenvalue weighted by atomic mass is 10.2. The number of carbonyl (C=O) groups excluding carboxylic acids is 3. The molecule has 7 nitrogen and oxygen atoms in total. The fourth-order valence-corrected chi connectivity index (χ4v) is 3.27. The summed E-state index contributed by atoms with van der Waals surface area (Å²) >= 11 is 0. The summed E-state index contributed by atoms with van der Waals surface area (Å²) in [6, 6.07) is 16.9. The van der Waals surface area contributed by atoms with Crippen molar-refractivity contribution in [1.82, 2.24) is 20.2 Å². The summed E-state index contributed by atoms with van der Waals surface area (Å²) in [5.41, 5.74) is 2.81. The molecule has 0 saturated carbocycles. The van der Waals surface area contributed by atoms with Crippen LogP contribution in [0.25, 0.3) is 16.7 Å². The summed E-state index contributed by atoms with van der Waals surface area (Å²) in [5.74, 6) is -0.331. The molecule has 27 heavy (non-hydrogen) atoms. The van der Waals surface area contributed by atoms with Crippen molar-refractivity contribution < 1.29 is 14.4 Å². The minimum absolute atomic E-state index is 0.00684. The van der Waals surface area contributed by atoms with Gasteiger partial charge >= 0.3 is 0 Å². The highest BCUT2D eigenvalue weighted by Gasteiger charge is 2.31. The van der Waals surface area contributed by atoms with E-state index in [-0.39, 0.29) is 24.7 Å². The number of benzene rings is 2. The van der Waals surface area contributed by atoms with Crippen molar-refractivity contribution in [3.63, 3.8) is 0 Å². The van der Waals surface area contributed by atoms with E-state index >= 15 is 0 Å². The van der Waals surface area contributed by atoms with Gasteiger partial charge in [-0.1, -0.05) is 30.3 Å². The van der Waals surface area contributed by atoms with Crippen LogP contribution in [0.3, 0.4) is 0 Å². The lowest BCUT2D eigenvalue weighted by molar-refractivity contribution is -0.128. The zero-order valence-corrected chi connectivity index (χ0v) is 14.5. The molecule has 1 aromatic heterocycles. The number of rotatable bonds is 5. The molecule has 7 heteroatoms. The van der Waals surface area contributed by atoms with Gasteiger partial charge in [-0.3, -0.25) is 24.3 Å². The van der Waals surface area contributed by atoms with Crippen molar-refractivity contribution in [3.05, 3.63) is 60.4 Å². The van der Waals surface area contributed by atoms with Gasteiger partial charge in [0.05, 0.1) is 17.5 Å². The van der Waals surface area contributed by atoms with Gasteiger partial charge in [0, 0.05) is 18.5 Å². The van der Waals surface area contributed by atoms with E-state index in [0.29, 0.717) is 6.42 Å². The number of hydrogen-bond acceptors (Lipinski definition) is 4. The molecule has 0 radical (unpaired) electrons. The Labute approximate surface area is 155 Å². The van der Waals surface area contributed by atoms with Crippen LogP contribution in [-0.4, -0.2) is 33.3 Å². The number of imidazole rings is 1. The summed E-state index contributed by atoms with van der Waals surface area (Å²) in [5, 5.41) is 4.80. The van der Waals surface area contributed by atoms with E-state index in [1.54, 1.807) is 0 Å². The van der Waals surface area contributed by atoms with Crippen LogP contribution < -0.4 is 10.6 Å². The Morgan fingerprint density at radius 3 is 2.59 bits per heavy atom. The highest BCUT2D eigenvalue weighted by Crippen LogP contribution is 2.22. The number of aromatic nitrogens is 2. The van der Waals surface area contributed by atoms with Crippen molar-refractivity contribution in [2.75, 3.05) is 0 Å². The standard InChI is InChI=1S/C20H18N4O3/c25-18(22-15-12-19(26)23-20(15)27)11-10-17-21-14-8-4-5-9-16(14)24(17)13-6-2-1-3-7-13/h1-9,15H,10-12H2,(H,22,25)(H,23,26,27)/t15-/m0/s1. The zero-order valence-electron chi connectivity index (χ0n) is 14.5. The molecule has 0 spiro atoms. The second kappa shape index (κ2) is 7.03. The van der Waals surface area contributed by atoms with Crippen LogP contribution in [0.15, 0.2) is 54.6 Å². The average molecular weight is 362 g/mol. The highest BCUT2D eigenvalue weighted by molar-refractivity contribution is 6.06. The summed E-state index contributed by atoms with van der Waals surface area (Å²) in [6.07, 6.45) is 0.582. The molecule has 0 unspecified atom stereocenters. The second-order valence-electron chi connectivity index (χ2n) is 6.42. The largest absolute Gasteiger partial charge is 0.344 e. The third-order valence-electron chi connectivity index (χ3n) is 4.52. The smallest absolute Gasteiger partial charge is 0.249 e. The summed E-state index contributed by atoms with van der Waals surface area (Å²) in [6.45, 7) is 0. The molecule has 1 atom stereocenters. The van der Waals surface area contributed by atoms with E-state index in [1.807, 2.05) is 59.2 Å². The quantitative estimate of drug-likeness (QED) is 0.673. The maximum atomic E-state index is 12.2. The van der Waals surface area contributed by atoms with Gasteiger partial charge in [-0.25, -0.2) is 4.98 Å². The van der Waals surface area contributed by atoms with Gasteiger partial charge in [-0.2, -0.15) is 0 Å². The minimum Gasteiger partial charge on any atom is -0.344 e. The summed E-state index contributed by atoms with van der Waals surface area (Å²) in [7, 11) is 0. The summed E-state index contributed by atoms with van der Waals surface area (Å²) < 4.78 is 2.04. The summed E-state index contributed by atoms with van der Waals surface area (Å²) in [4.78, 5) is 39.7. The first-order valence-corrected chi connectivity index (χ1v) is 8.76. The van der Waals surface area contributed by atoms with E-state index in [1.165, 1.54) is 0 Å². The van der Waals surface area contributed by atoms with Crippen molar-refractivity contribution in [2.45, 2.75) is 25.3 Å². The van der Waals surface area contributed by atoms with Crippen LogP contribution in [0.2, 0.25) is 0 Å². The number of imide groups is 1. The van der Waals surface area contributed by atoms with Gasteiger partial charge in [0.1, 0.15) is 11.9 Å². The van der Waals surface area contributed by atoms with Gasteiger partial charge in [0.2, 0.25) is 17.7 Å². The molecule has 1 aliphatic rings. The van der Waals surface area contributed by atoms with Crippen molar-refractivity contribution in [1.29, 1.82) is 0 Å². The van der Waals surface area contributed by atoms with E-state index in [9.17, 15) is 14.4 Å². The molecule has 136 valence electrons. The molecule has 3 aromatic rings. The monoisotopic (exact) mass is 362 g/mol. The Bertz CT molecular complexity index is 1030. The molecule has 2 aromatic carbocycles. The Balaban J connectivity index is 1.54. The number of nitrogens with one attached hydrogen (secondary N) is 2. The van der Waals surface area contributed by atoms with Gasteiger partial charge in [0.15, 0.2) is 0 Å². The molecule has 0 aliphatic carbocycles. The number of amides is 3. The van der Waals surface area contributed by atoms with Gasteiger partial charge < -0.3 is 5.32 Å². The number of fused-ring (bicyclic) bond motifs is 1. The van der Waals surface area contributed by atoms with Gasteiger partial charge in [-0.15, -0.1) is 0 Å². The van der Waals surface area contributed by atoms with Crippen molar-refractivity contribution in [3.8, 4) is 5.69 Å². The van der Waals surface area contributed by atoms with Gasteiger partial charge in [0.25, 0.3) is 0 Å². The van der Waals surface area contributed by atoms with Crippen LogP contribution in [0, 0.1) is 0 Å². The first kappa shape index (κ1) is 17.0. The third-order valence-corrected chi connectivity index (χ3v) is 4.52. The predicted octanol–water partition coefficient (Wildman–Crippen LogP) is 1.49. The Morgan fingerprint density at radius 1 is 1.11 bits per heavy atom. The molecule has 0 bridgehead atoms. The molecule has 2 heterocycles. The molecule has 4 rings (SSSR count). The Kier molecular flexibility index (Phi) is 4.42. The lowest BCUT2D eigenvalue weighted by Gasteiger charge is -2.11. The first-order chi connectivity index (χ1) is 13.1. The number of nitrogens with zero attached hydrogens (tertiary/aromatic N) is 2. The van der Waals surface area contributed by atoms with Crippen LogP contribution >= 0.6 is 0 Å². The van der Waals surface area contributed by atoms with E-state index in [4.69, 9.17) is 0 Å². The maximum absolute atomic E-state index is 12.2. The normalized spacial score (nSPS) is 16.5. The minimum atomic E-state index is -0.780. The molecule has 1 saturated heterocycles. The van der Waals surface area contributed by atoms with Crippen molar-refractivity contribution in [2.24, 2.45) is 0 Å². The second-order valence-corrected chi connectivity index (χ2v) is 6.42. The topological polar surface area (TPSA) is 93.1 Å². The predicted molar refractivity (Wildman–Crippen MR) is 99.1 cm³/mol. The first-order valence-electron chi connectivity index (χ1n) is 8.76. The van der Waals surface area contributed by atoms with Crippen LogP contribution in [0.4, 0.5) is 0 Å². The van der Waals surface area contributed by atoms with Crippen LogP contribution in [0.5, 0.6) is 0 Å². The number of para-hydroxylation sites is 3. The Hall–Kier alpha value is -3.48. The van der Waals surface area contributed by atoms with Crippen LogP contribution in [-0.2, 0) is 20.8 Å². The fourth-order valence-electron chi connectivity index (χ4n) is 3.27. The fraction of sp³-hybridized carbons (Fsp3) is 0.200. The SMILES string of the molecule is O=C1C[C@H](NC(=O)CCc2nc3ccccc3n2-c2ccccc2)C(=O)N1.